The van der Waals surface area contributed by atoms with Crippen molar-refractivity contribution in [2.24, 2.45) is 5.92 Å². The first kappa shape index (κ1) is 18.7. The number of carbonyl (C=O) groups excluding carboxylic acids is 2. The minimum Gasteiger partial charge on any atom is -0.466 e. The van der Waals surface area contributed by atoms with Crippen LogP contribution < -0.4 is 5.32 Å². The average molecular weight is 341 g/mol. The maximum atomic E-state index is 12.3. The van der Waals surface area contributed by atoms with Crippen LogP contribution in [0.15, 0.2) is 54.6 Å². The van der Waals surface area contributed by atoms with Gasteiger partial charge in [0.15, 0.2) is 0 Å². The lowest BCUT2D eigenvalue weighted by molar-refractivity contribution is -0.151. The van der Waals surface area contributed by atoms with Gasteiger partial charge in [0.1, 0.15) is 5.92 Å². The van der Waals surface area contributed by atoms with E-state index >= 15 is 0 Å². The van der Waals surface area contributed by atoms with Gasteiger partial charge in [0, 0.05) is 12.1 Å². The molecule has 132 valence electrons. The maximum absolute atomic E-state index is 12.3. The van der Waals surface area contributed by atoms with Crippen molar-refractivity contribution >= 4 is 11.9 Å². The van der Waals surface area contributed by atoms with E-state index in [1.807, 2.05) is 19.1 Å². The van der Waals surface area contributed by atoms with Gasteiger partial charge in [0.2, 0.25) is 0 Å². The first-order valence-corrected chi connectivity index (χ1v) is 8.27. The molecule has 0 fully saturated rings. The van der Waals surface area contributed by atoms with Crippen LogP contribution >= 0.6 is 0 Å². The summed E-state index contributed by atoms with van der Waals surface area (Å²) in [6.45, 7) is 3.80. The molecule has 5 nitrogen and oxygen atoms in total. The van der Waals surface area contributed by atoms with E-state index < -0.39 is 18.0 Å². The standard InChI is InChI=1S/C20H23NO4/c1-3-25-20(24)17(18(22)15-9-5-4-6-10-15)13-21-19(23)16-11-7-8-14(2)12-16/h4-12,17-18,22H,3,13H2,1-2H3,(H,21,23)/t17-,18-/m1/s1. The number of esters is 1. The van der Waals surface area contributed by atoms with E-state index in [2.05, 4.69) is 5.32 Å². The molecule has 2 atom stereocenters. The molecule has 1 amide bonds. The molecule has 0 heterocycles. The molecule has 2 rings (SSSR count). The second-order valence-corrected chi connectivity index (χ2v) is 5.79. The highest BCUT2D eigenvalue weighted by molar-refractivity contribution is 5.94. The Morgan fingerprint density at radius 1 is 1.12 bits per heavy atom. The zero-order valence-electron chi connectivity index (χ0n) is 14.4. The van der Waals surface area contributed by atoms with Crippen LogP contribution in [0.5, 0.6) is 0 Å². The molecule has 0 radical (unpaired) electrons. The van der Waals surface area contributed by atoms with Crippen molar-refractivity contribution in [3.8, 4) is 0 Å². The highest BCUT2D eigenvalue weighted by atomic mass is 16.5. The first-order valence-electron chi connectivity index (χ1n) is 8.27. The lowest BCUT2D eigenvalue weighted by atomic mass is 9.95. The fraction of sp³-hybridized carbons (Fsp3) is 0.300. The molecule has 0 saturated heterocycles. The van der Waals surface area contributed by atoms with Crippen molar-refractivity contribution in [3.05, 3.63) is 71.3 Å². The number of aliphatic hydroxyl groups is 1. The van der Waals surface area contributed by atoms with Gasteiger partial charge in [-0.3, -0.25) is 9.59 Å². The Bertz CT molecular complexity index is 715. The van der Waals surface area contributed by atoms with E-state index in [4.69, 9.17) is 4.74 Å². The lowest BCUT2D eigenvalue weighted by Gasteiger charge is -2.22. The Kier molecular flexibility index (Phi) is 6.71. The number of rotatable bonds is 7. The Labute approximate surface area is 147 Å². The van der Waals surface area contributed by atoms with Crippen LogP contribution in [0, 0.1) is 12.8 Å². The topological polar surface area (TPSA) is 75.6 Å². The van der Waals surface area contributed by atoms with Gasteiger partial charge < -0.3 is 15.2 Å². The molecule has 0 aromatic heterocycles. The summed E-state index contributed by atoms with van der Waals surface area (Å²) in [7, 11) is 0. The quantitative estimate of drug-likeness (QED) is 0.759. The third-order valence-electron chi connectivity index (χ3n) is 3.87. The molecule has 0 spiro atoms. The zero-order chi connectivity index (χ0) is 18.2. The number of amides is 1. The fourth-order valence-corrected chi connectivity index (χ4v) is 2.55. The van der Waals surface area contributed by atoms with Crippen molar-refractivity contribution in [1.29, 1.82) is 0 Å². The van der Waals surface area contributed by atoms with Crippen molar-refractivity contribution in [3.63, 3.8) is 0 Å². The highest BCUT2D eigenvalue weighted by Crippen LogP contribution is 2.23. The number of nitrogens with one attached hydrogen (secondary N) is 1. The van der Waals surface area contributed by atoms with Crippen LogP contribution in [-0.2, 0) is 9.53 Å². The number of ether oxygens (including phenoxy) is 1. The Hall–Kier alpha value is -2.66. The summed E-state index contributed by atoms with van der Waals surface area (Å²) in [5.41, 5.74) is 2.08. The van der Waals surface area contributed by atoms with Crippen molar-refractivity contribution in [1.82, 2.24) is 5.32 Å². The second-order valence-electron chi connectivity index (χ2n) is 5.79. The Balaban J connectivity index is 2.11. The molecule has 2 N–H and O–H groups in total. The fourth-order valence-electron chi connectivity index (χ4n) is 2.55. The molecule has 0 saturated carbocycles. The SMILES string of the molecule is CCOC(=O)[C@H](CNC(=O)c1cccc(C)c1)[C@H](O)c1ccccc1. The number of hydrogen-bond acceptors (Lipinski definition) is 4. The summed E-state index contributed by atoms with van der Waals surface area (Å²) in [5.74, 6) is -1.71. The molecular formula is C20H23NO4. The van der Waals surface area contributed by atoms with Crippen molar-refractivity contribution in [2.45, 2.75) is 20.0 Å². The number of aliphatic hydroxyl groups excluding tert-OH is 1. The van der Waals surface area contributed by atoms with Gasteiger partial charge >= 0.3 is 5.97 Å². The molecule has 0 aliphatic carbocycles. The third kappa shape index (κ3) is 5.16. The van der Waals surface area contributed by atoms with Crippen molar-refractivity contribution in [2.75, 3.05) is 13.2 Å². The van der Waals surface area contributed by atoms with Crippen LogP contribution in [0.4, 0.5) is 0 Å². The molecule has 25 heavy (non-hydrogen) atoms. The summed E-state index contributed by atoms with van der Waals surface area (Å²) in [6.07, 6.45) is -1.06. The number of hydrogen-bond donors (Lipinski definition) is 2. The minimum atomic E-state index is -1.06. The third-order valence-corrected chi connectivity index (χ3v) is 3.87. The summed E-state index contributed by atoms with van der Waals surface area (Å²) in [4.78, 5) is 24.5. The summed E-state index contributed by atoms with van der Waals surface area (Å²) in [5, 5.41) is 13.3. The van der Waals surface area contributed by atoms with Crippen LogP contribution in [0.3, 0.4) is 0 Å². The van der Waals surface area contributed by atoms with E-state index in [-0.39, 0.29) is 19.1 Å². The van der Waals surface area contributed by atoms with Gasteiger partial charge in [-0.05, 0) is 31.5 Å². The van der Waals surface area contributed by atoms with Crippen LogP contribution in [-0.4, -0.2) is 30.1 Å². The molecule has 2 aromatic carbocycles. The minimum absolute atomic E-state index is 0.0122. The predicted molar refractivity (Wildman–Crippen MR) is 95.0 cm³/mol. The van der Waals surface area contributed by atoms with E-state index in [1.165, 1.54) is 0 Å². The van der Waals surface area contributed by atoms with Crippen molar-refractivity contribution < 1.29 is 19.4 Å². The van der Waals surface area contributed by atoms with Crippen LogP contribution in [0.1, 0.15) is 34.5 Å². The van der Waals surface area contributed by atoms with Crippen LogP contribution in [0.25, 0.3) is 0 Å². The molecule has 0 bridgehead atoms. The Morgan fingerprint density at radius 2 is 1.84 bits per heavy atom. The van der Waals surface area contributed by atoms with Gasteiger partial charge in [-0.1, -0.05) is 48.0 Å². The normalized spacial score (nSPS) is 12.9. The van der Waals surface area contributed by atoms with Gasteiger partial charge in [-0.2, -0.15) is 0 Å². The predicted octanol–water partition coefficient (Wildman–Crippen LogP) is 2.64. The Morgan fingerprint density at radius 3 is 2.48 bits per heavy atom. The zero-order valence-corrected chi connectivity index (χ0v) is 14.4. The molecular weight excluding hydrogens is 318 g/mol. The van der Waals surface area contributed by atoms with E-state index in [1.54, 1.807) is 49.4 Å². The molecule has 0 unspecified atom stereocenters. The summed E-state index contributed by atoms with van der Waals surface area (Å²) < 4.78 is 5.05. The average Bonchev–Trinajstić information content (AvgIpc) is 2.62. The number of aryl methyl sites for hydroxylation is 1. The molecule has 0 aliphatic heterocycles. The number of benzene rings is 2. The van der Waals surface area contributed by atoms with E-state index in [9.17, 15) is 14.7 Å². The lowest BCUT2D eigenvalue weighted by Crippen LogP contribution is -2.37. The number of carbonyl (C=O) groups is 2. The second kappa shape index (κ2) is 8.99. The van der Waals surface area contributed by atoms with Gasteiger partial charge in [0.25, 0.3) is 5.91 Å². The molecule has 2 aromatic rings. The monoisotopic (exact) mass is 341 g/mol. The molecule has 0 aliphatic rings. The highest BCUT2D eigenvalue weighted by Gasteiger charge is 2.29. The van der Waals surface area contributed by atoms with Gasteiger partial charge in [-0.15, -0.1) is 0 Å². The largest absolute Gasteiger partial charge is 0.466 e. The van der Waals surface area contributed by atoms with Gasteiger partial charge in [-0.25, -0.2) is 0 Å². The summed E-state index contributed by atoms with van der Waals surface area (Å²) >= 11 is 0. The van der Waals surface area contributed by atoms with E-state index in [0.717, 1.165) is 5.56 Å². The molecule has 5 heteroatoms. The maximum Gasteiger partial charge on any atom is 0.313 e. The first-order chi connectivity index (χ1) is 12.0. The van der Waals surface area contributed by atoms with E-state index in [0.29, 0.717) is 11.1 Å². The van der Waals surface area contributed by atoms with Crippen LogP contribution in [0.2, 0.25) is 0 Å². The van der Waals surface area contributed by atoms with Gasteiger partial charge in [0.05, 0.1) is 12.7 Å². The smallest absolute Gasteiger partial charge is 0.313 e. The summed E-state index contributed by atoms with van der Waals surface area (Å²) in [6, 6.07) is 16.0.